The molecule has 1 aliphatic heterocycles. The van der Waals surface area contributed by atoms with Crippen molar-refractivity contribution in [1.82, 2.24) is 15.5 Å². The third-order valence-electron chi connectivity index (χ3n) is 4.30. The molecule has 1 aromatic carbocycles. The second kappa shape index (κ2) is 8.14. The van der Waals surface area contributed by atoms with Crippen molar-refractivity contribution in [1.29, 1.82) is 0 Å². The summed E-state index contributed by atoms with van der Waals surface area (Å²) >= 11 is 7.53. The molecule has 1 aromatic heterocycles. The zero-order valence-electron chi connectivity index (χ0n) is 14.7. The summed E-state index contributed by atoms with van der Waals surface area (Å²) in [6, 6.07) is 7.57. The number of carbonyl (C=O) groups is 2. The van der Waals surface area contributed by atoms with E-state index in [0.29, 0.717) is 29.7 Å². The molecule has 0 spiro atoms. The standard InChI is InChI=1S/C18H21ClN4O2S/c1-11(2)17-21-22-18(26-17)23-10-13(9-15(23)24)16(25)20-8-7-12-5-3-4-6-14(12)19/h3-6,11,13H,7-10H2,1-2H3,(H,20,25). The van der Waals surface area contributed by atoms with Crippen molar-refractivity contribution in [2.45, 2.75) is 32.6 Å². The Labute approximate surface area is 161 Å². The summed E-state index contributed by atoms with van der Waals surface area (Å²) in [5, 5.41) is 13.3. The van der Waals surface area contributed by atoms with Gasteiger partial charge in [-0.25, -0.2) is 0 Å². The van der Waals surface area contributed by atoms with Gasteiger partial charge in [-0.3, -0.25) is 14.5 Å². The third kappa shape index (κ3) is 4.22. The molecule has 2 heterocycles. The Morgan fingerprint density at radius 1 is 1.38 bits per heavy atom. The molecule has 3 rings (SSSR count). The average Bonchev–Trinajstić information content (AvgIpc) is 3.23. The molecule has 1 atom stereocenters. The molecule has 26 heavy (non-hydrogen) atoms. The lowest BCUT2D eigenvalue weighted by molar-refractivity contribution is -0.126. The molecule has 1 unspecified atom stereocenters. The van der Waals surface area contributed by atoms with Crippen LogP contribution >= 0.6 is 22.9 Å². The normalized spacial score (nSPS) is 17.2. The van der Waals surface area contributed by atoms with Crippen LogP contribution in [0.4, 0.5) is 5.13 Å². The maximum absolute atomic E-state index is 12.4. The van der Waals surface area contributed by atoms with Crippen LogP contribution in [-0.4, -0.2) is 35.1 Å². The minimum atomic E-state index is -0.361. The number of hydrogen-bond donors (Lipinski definition) is 1. The topological polar surface area (TPSA) is 75.2 Å². The summed E-state index contributed by atoms with van der Waals surface area (Å²) in [7, 11) is 0. The smallest absolute Gasteiger partial charge is 0.229 e. The lowest BCUT2D eigenvalue weighted by Crippen LogP contribution is -2.34. The Morgan fingerprint density at radius 3 is 2.85 bits per heavy atom. The van der Waals surface area contributed by atoms with Crippen LogP contribution in [0.1, 0.15) is 36.8 Å². The number of nitrogens with one attached hydrogen (secondary N) is 1. The highest BCUT2D eigenvalue weighted by Gasteiger charge is 2.36. The van der Waals surface area contributed by atoms with Gasteiger partial charge in [-0.05, 0) is 18.1 Å². The molecule has 8 heteroatoms. The van der Waals surface area contributed by atoms with Gasteiger partial charge >= 0.3 is 0 Å². The van der Waals surface area contributed by atoms with Crippen molar-refractivity contribution in [2.75, 3.05) is 18.0 Å². The predicted octanol–water partition coefficient (Wildman–Crippen LogP) is 3.03. The monoisotopic (exact) mass is 392 g/mol. The van der Waals surface area contributed by atoms with Gasteiger partial charge in [0.15, 0.2) is 0 Å². The van der Waals surface area contributed by atoms with Crippen LogP contribution in [0, 0.1) is 5.92 Å². The van der Waals surface area contributed by atoms with Crippen LogP contribution < -0.4 is 10.2 Å². The van der Waals surface area contributed by atoms with Crippen LogP contribution in [0.3, 0.4) is 0 Å². The van der Waals surface area contributed by atoms with Crippen molar-refractivity contribution in [3.8, 4) is 0 Å². The number of halogens is 1. The number of hydrogen-bond acceptors (Lipinski definition) is 5. The molecular weight excluding hydrogens is 372 g/mol. The van der Waals surface area contributed by atoms with Gasteiger partial charge in [0.25, 0.3) is 0 Å². The lowest BCUT2D eigenvalue weighted by atomic mass is 10.1. The fraction of sp³-hybridized carbons (Fsp3) is 0.444. The number of benzene rings is 1. The Bertz CT molecular complexity index is 808. The Hall–Kier alpha value is -1.99. The zero-order chi connectivity index (χ0) is 18.7. The van der Waals surface area contributed by atoms with Gasteiger partial charge in [0, 0.05) is 30.5 Å². The fourth-order valence-electron chi connectivity index (χ4n) is 2.80. The van der Waals surface area contributed by atoms with Gasteiger partial charge in [-0.1, -0.05) is 55.0 Å². The average molecular weight is 393 g/mol. The van der Waals surface area contributed by atoms with Crippen LogP contribution in [0.5, 0.6) is 0 Å². The first-order valence-electron chi connectivity index (χ1n) is 8.60. The van der Waals surface area contributed by atoms with Gasteiger partial charge in [-0.15, -0.1) is 10.2 Å². The Kier molecular flexibility index (Phi) is 5.88. The van der Waals surface area contributed by atoms with E-state index >= 15 is 0 Å². The van der Waals surface area contributed by atoms with Crippen molar-refractivity contribution >= 4 is 39.9 Å². The summed E-state index contributed by atoms with van der Waals surface area (Å²) < 4.78 is 0. The van der Waals surface area contributed by atoms with E-state index in [4.69, 9.17) is 11.6 Å². The second-order valence-corrected chi connectivity index (χ2v) is 8.01. The molecular formula is C18H21ClN4O2S. The van der Waals surface area contributed by atoms with Crippen molar-refractivity contribution in [3.05, 3.63) is 39.9 Å². The van der Waals surface area contributed by atoms with Crippen LogP contribution in [0.25, 0.3) is 0 Å². The molecule has 6 nitrogen and oxygen atoms in total. The second-order valence-electron chi connectivity index (χ2n) is 6.62. The van der Waals surface area contributed by atoms with E-state index in [-0.39, 0.29) is 30.1 Å². The molecule has 1 fully saturated rings. The minimum absolute atomic E-state index is 0.0808. The van der Waals surface area contributed by atoms with E-state index in [1.165, 1.54) is 11.3 Å². The number of anilines is 1. The van der Waals surface area contributed by atoms with Crippen molar-refractivity contribution in [2.24, 2.45) is 5.92 Å². The van der Waals surface area contributed by atoms with Gasteiger partial charge in [0.2, 0.25) is 16.9 Å². The number of amides is 2. The van der Waals surface area contributed by atoms with Gasteiger partial charge in [-0.2, -0.15) is 0 Å². The maximum Gasteiger partial charge on any atom is 0.229 e. The van der Waals surface area contributed by atoms with Gasteiger partial charge in [0.1, 0.15) is 5.01 Å². The predicted molar refractivity (Wildman–Crippen MR) is 103 cm³/mol. The Balaban J connectivity index is 1.54. The summed E-state index contributed by atoms with van der Waals surface area (Å²) in [6.07, 6.45) is 0.860. The molecule has 0 radical (unpaired) electrons. The zero-order valence-corrected chi connectivity index (χ0v) is 16.3. The van der Waals surface area contributed by atoms with E-state index in [0.717, 1.165) is 10.6 Å². The number of carbonyl (C=O) groups excluding carboxylic acids is 2. The number of aromatic nitrogens is 2. The molecule has 1 N–H and O–H groups in total. The van der Waals surface area contributed by atoms with Crippen LogP contribution in [0.15, 0.2) is 24.3 Å². The Morgan fingerprint density at radius 2 is 2.15 bits per heavy atom. The quantitative estimate of drug-likeness (QED) is 0.819. The third-order valence-corrected chi connectivity index (χ3v) is 5.92. The lowest BCUT2D eigenvalue weighted by Gasteiger charge is -2.13. The first kappa shape index (κ1) is 18.8. The van der Waals surface area contributed by atoms with Crippen LogP contribution in [-0.2, 0) is 16.0 Å². The summed E-state index contributed by atoms with van der Waals surface area (Å²) in [6.45, 7) is 4.91. The van der Waals surface area contributed by atoms with Crippen LogP contribution in [0.2, 0.25) is 5.02 Å². The van der Waals surface area contributed by atoms with E-state index in [1.807, 2.05) is 38.1 Å². The van der Waals surface area contributed by atoms with E-state index < -0.39 is 0 Å². The largest absolute Gasteiger partial charge is 0.355 e. The minimum Gasteiger partial charge on any atom is -0.355 e. The number of nitrogens with zero attached hydrogens (tertiary/aromatic N) is 3. The van der Waals surface area contributed by atoms with Crippen molar-refractivity contribution in [3.63, 3.8) is 0 Å². The van der Waals surface area contributed by atoms with Gasteiger partial charge < -0.3 is 5.32 Å². The summed E-state index contributed by atoms with van der Waals surface area (Å²) in [5.74, 6) is -0.285. The molecule has 0 aliphatic carbocycles. The van der Waals surface area contributed by atoms with Gasteiger partial charge in [0.05, 0.1) is 5.92 Å². The summed E-state index contributed by atoms with van der Waals surface area (Å²) in [5.41, 5.74) is 0.994. The highest BCUT2D eigenvalue weighted by atomic mass is 35.5. The molecule has 2 amide bonds. The number of rotatable bonds is 6. The van der Waals surface area contributed by atoms with Crippen molar-refractivity contribution < 1.29 is 9.59 Å². The highest BCUT2D eigenvalue weighted by Crippen LogP contribution is 2.30. The van der Waals surface area contributed by atoms with E-state index in [2.05, 4.69) is 15.5 Å². The maximum atomic E-state index is 12.4. The fourth-order valence-corrected chi connectivity index (χ4v) is 3.91. The highest BCUT2D eigenvalue weighted by molar-refractivity contribution is 7.15. The first-order chi connectivity index (χ1) is 12.5. The molecule has 0 bridgehead atoms. The first-order valence-corrected chi connectivity index (χ1v) is 9.80. The molecule has 2 aromatic rings. The molecule has 138 valence electrons. The SMILES string of the molecule is CC(C)c1nnc(N2CC(C(=O)NCCc3ccccc3Cl)CC2=O)s1. The molecule has 0 saturated carbocycles. The molecule has 1 saturated heterocycles. The molecule has 1 aliphatic rings. The van der Waals surface area contributed by atoms with E-state index in [9.17, 15) is 9.59 Å². The summed E-state index contributed by atoms with van der Waals surface area (Å²) in [4.78, 5) is 26.2. The van der Waals surface area contributed by atoms with E-state index in [1.54, 1.807) is 4.90 Å².